The van der Waals surface area contributed by atoms with E-state index in [1.54, 1.807) is 23.3 Å². The van der Waals surface area contributed by atoms with E-state index in [-0.39, 0.29) is 38.4 Å². The summed E-state index contributed by atoms with van der Waals surface area (Å²) in [6.45, 7) is 3.70. The summed E-state index contributed by atoms with van der Waals surface area (Å²) in [5.41, 5.74) is 0.446. The normalized spacial score (nSPS) is 13.3. The third-order valence-electron chi connectivity index (χ3n) is 2.61. The monoisotopic (exact) mass is 328 g/mol. The topological polar surface area (TPSA) is 123 Å². The molecule has 10 heteroatoms. The first kappa shape index (κ1) is 18.3. The van der Waals surface area contributed by atoms with Crippen LogP contribution in [0.3, 0.4) is 0 Å². The number of nitrogens with one attached hydrogen (secondary N) is 2. The second-order valence-corrected chi connectivity index (χ2v) is 4.95. The summed E-state index contributed by atoms with van der Waals surface area (Å²) in [7, 11) is 0. The Hall–Kier alpha value is -2.78. The summed E-state index contributed by atoms with van der Waals surface area (Å²) < 4.78 is 5.02. The van der Waals surface area contributed by atoms with Gasteiger partial charge in [-0.05, 0) is 19.9 Å². The molecule has 10 nitrogen and oxygen atoms in total. The van der Waals surface area contributed by atoms with E-state index in [0.29, 0.717) is 5.57 Å². The third kappa shape index (κ3) is 7.69. The fourth-order valence-electron chi connectivity index (χ4n) is 1.66. The smallest absolute Gasteiger partial charge is 0.409 e. The quantitative estimate of drug-likeness (QED) is 0.369. The van der Waals surface area contributed by atoms with Crippen molar-refractivity contribution in [2.24, 2.45) is 0 Å². The summed E-state index contributed by atoms with van der Waals surface area (Å²) in [5, 5.41) is 14.1. The van der Waals surface area contributed by atoms with Crippen LogP contribution >= 0.6 is 0 Å². The Morgan fingerprint density at radius 3 is 2.87 bits per heavy atom. The van der Waals surface area contributed by atoms with Crippen LogP contribution in [-0.2, 0) is 14.4 Å². The minimum atomic E-state index is -0.921. The van der Waals surface area contributed by atoms with Crippen LogP contribution in [0.1, 0.15) is 13.8 Å². The van der Waals surface area contributed by atoms with Crippen LogP contribution in [-0.4, -0.2) is 54.5 Å². The molecule has 0 fully saturated rings. The molecule has 128 valence electrons. The van der Waals surface area contributed by atoms with Crippen LogP contribution in [0.5, 0.6) is 0 Å². The lowest BCUT2D eigenvalue weighted by Crippen LogP contribution is -2.37. The molecule has 0 radical (unpaired) electrons. The van der Waals surface area contributed by atoms with E-state index in [2.05, 4.69) is 15.5 Å². The van der Waals surface area contributed by atoms with E-state index in [1.165, 1.54) is 0 Å². The second-order valence-electron chi connectivity index (χ2n) is 4.95. The molecule has 0 aromatic heterocycles. The molecule has 2 N–H and O–H groups in total. The molecule has 1 rings (SSSR count). The van der Waals surface area contributed by atoms with Gasteiger partial charge in [-0.1, -0.05) is 6.08 Å². The van der Waals surface area contributed by atoms with Crippen molar-refractivity contribution in [3.63, 3.8) is 0 Å². The van der Waals surface area contributed by atoms with Gasteiger partial charge >= 0.3 is 6.09 Å². The van der Waals surface area contributed by atoms with Crippen molar-refractivity contribution in [1.29, 1.82) is 0 Å². The van der Waals surface area contributed by atoms with Gasteiger partial charge in [-0.15, -0.1) is 10.1 Å². The molecule has 0 atom stereocenters. The van der Waals surface area contributed by atoms with Crippen molar-refractivity contribution in [2.75, 3.05) is 26.4 Å². The van der Waals surface area contributed by atoms with E-state index < -0.39 is 11.2 Å². The van der Waals surface area contributed by atoms with Gasteiger partial charge in [0.05, 0.1) is 6.54 Å². The molecule has 0 aromatic rings. The van der Waals surface area contributed by atoms with Gasteiger partial charge in [-0.25, -0.2) is 4.79 Å². The Balaban J connectivity index is 2.32. The molecule has 1 aliphatic heterocycles. The van der Waals surface area contributed by atoms with E-state index in [9.17, 15) is 19.7 Å². The number of carbonyl (C=O) groups excluding carboxylic acids is 2. The SMILES string of the molecule is CC(C)NC(=O)OCN1C=CC=C(C(=O)NCCO[N+](=O)[O-])C1. The van der Waals surface area contributed by atoms with Gasteiger partial charge in [-0.2, -0.15) is 0 Å². The van der Waals surface area contributed by atoms with Crippen LogP contribution in [0.25, 0.3) is 0 Å². The molecule has 23 heavy (non-hydrogen) atoms. The van der Waals surface area contributed by atoms with Gasteiger partial charge in [0.25, 0.3) is 5.09 Å². The molecule has 2 amide bonds. The second kappa shape index (κ2) is 9.28. The first-order valence-electron chi connectivity index (χ1n) is 6.98. The molecule has 0 saturated heterocycles. The Morgan fingerprint density at radius 1 is 1.48 bits per heavy atom. The maximum Gasteiger partial charge on any atom is 0.409 e. The fraction of sp³-hybridized carbons (Fsp3) is 0.538. The summed E-state index contributed by atoms with van der Waals surface area (Å²) in [4.78, 5) is 39.0. The first-order valence-corrected chi connectivity index (χ1v) is 6.98. The molecule has 0 unspecified atom stereocenters. The van der Waals surface area contributed by atoms with Crippen LogP contribution in [0, 0.1) is 10.1 Å². The Kier molecular flexibility index (Phi) is 7.37. The Morgan fingerprint density at radius 2 is 2.22 bits per heavy atom. The number of hydrogen-bond donors (Lipinski definition) is 2. The van der Waals surface area contributed by atoms with Crippen LogP contribution in [0.2, 0.25) is 0 Å². The molecule has 1 aliphatic rings. The lowest BCUT2D eigenvalue weighted by Gasteiger charge is -2.24. The maximum atomic E-state index is 11.9. The molecule has 0 aliphatic carbocycles. The van der Waals surface area contributed by atoms with Crippen molar-refractivity contribution in [1.82, 2.24) is 15.5 Å². The molecule has 0 bridgehead atoms. The fourth-order valence-corrected chi connectivity index (χ4v) is 1.66. The zero-order chi connectivity index (χ0) is 17.2. The number of alkyl carbamates (subject to hydrolysis) is 1. The minimum absolute atomic E-state index is 0.00408. The highest BCUT2D eigenvalue weighted by Gasteiger charge is 2.15. The van der Waals surface area contributed by atoms with E-state index >= 15 is 0 Å². The molecule has 0 aromatic carbocycles. The molecular formula is C13H20N4O6. The summed E-state index contributed by atoms with van der Waals surface area (Å²) in [6, 6.07) is -0.0259. The number of hydrogen-bond acceptors (Lipinski definition) is 7. The number of rotatable bonds is 8. The Bertz CT molecular complexity index is 503. The van der Waals surface area contributed by atoms with Gasteiger partial charge in [0, 0.05) is 24.4 Å². The van der Waals surface area contributed by atoms with Crippen molar-refractivity contribution < 1.29 is 24.3 Å². The zero-order valence-corrected chi connectivity index (χ0v) is 13.0. The van der Waals surface area contributed by atoms with E-state index in [1.807, 2.05) is 13.8 Å². The molecule has 0 spiro atoms. The lowest BCUT2D eigenvalue weighted by atomic mass is 10.2. The number of amides is 2. The number of carbonyl (C=O) groups is 2. The van der Waals surface area contributed by atoms with Gasteiger partial charge in [-0.3, -0.25) is 4.79 Å². The van der Waals surface area contributed by atoms with Crippen LogP contribution < -0.4 is 10.6 Å². The molecule has 1 heterocycles. The van der Waals surface area contributed by atoms with Gasteiger partial charge in [0.2, 0.25) is 5.91 Å². The third-order valence-corrected chi connectivity index (χ3v) is 2.61. The highest BCUT2D eigenvalue weighted by molar-refractivity contribution is 5.94. The van der Waals surface area contributed by atoms with Crippen LogP contribution in [0.4, 0.5) is 4.79 Å². The maximum absolute atomic E-state index is 11.9. The number of nitrogens with zero attached hydrogens (tertiary/aromatic N) is 2. The Labute approximate surface area is 133 Å². The van der Waals surface area contributed by atoms with Crippen molar-refractivity contribution in [3.8, 4) is 0 Å². The number of allylic oxidation sites excluding steroid dienone is 2. The predicted octanol–water partition coefficient (Wildman–Crippen LogP) is 0.159. The van der Waals surface area contributed by atoms with Crippen molar-refractivity contribution >= 4 is 12.0 Å². The predicted molar refractivity (Wildman–Crippen MR) is 79.5 cm³/mol. The van der Waals surface area contributed by atoms with Gasteiger partial charge in [0.1, 0.15) is 6.61 Å². The van der Waals surface area contributed by atoms with Crippen molar-refractivity contribution in [2.45, 2.75) is 19.9 Å². The standard InChI is InChI=1S/C13H20N4O6/c1-10(2)15-13(19)22-9-16-6-3-4-11(8-16)12(18)14-5-7-23-17(20)21/h3-4,6,10H,5,7-9H2,1-2H3,(H,14,18)(H,15,19). The summed E-state index contributed by atoms with van der Waals surface area (Å²) in [6.07, 6.45) is 4.42. The highest BCUT2D eigenvalue weighted by atomic mass is 16.9. The molecular weight excluding hydrogens is 308 g/mol. The minimum Gasteiger partial charge on any atom is -0.428 e. The van der Waals surface area contributed by atoms with Gasteiger partial charge < -0.3 is 25.1 Å². The summed E-state index contributed by atoms with van der Waals surface area (Å²) in [5.74, 6) is -0.363. The lowest BCUT2D eigenvalue weighted by molar-refractivity contribution is -0.757. The highest BCUT2D eigenvalue weighted by Crippen LogP contribution is 2.07. The van der Waals surface area contributed by atoms with E-state index in [0.717, 1.165) is 0 Å². The summed E-state index contributed by atoms with van der Waals surface area (Å²) >= 11 is 0. The van der Waals surface area contributed by atoms with E-state index in [4.69, 9.17) is 4.74 Å². The van der Waals surface area contributed by atoms with Gasteiger partial charge in [0.15, 0.2) is 6.73 Å². The average Bonchev–Trinajstić information content (AvgIpc) is 2.49. The molecule has 0 saturated carbocycles. The van der Waals surface area contributed by atoms with Crippen molar-refractivity contribution in [3.05, 3.63) is 34.0 Å². The first-order chi connectivity index (χ1) is 10.9. The largest absolute Gasteiger partial charge is 0.428 e. The average molecular weight is 328 g/mol. The zero-order valence-electron chi connectivity index (χ0n) is 13.0. The number of ether oxygens (including phenoxy) is 1. The van der Waals surface area contributed by atoms with Crippen LogP contribution in [0.15, 0.2) is 23.9 Å².